The first kappa shape index (κ1) is 13.6. The normalized spacial score (nSPS) is 12.2. The van der Waals surface area contributed by atoms with Gasteiger partial charge in [0, 0.05) is 6.42 Å². The molecule has 0 radical (unpaired) electrons. The summed E-state index contributed by atoms with van der Waals surface area (Å²) in [6.45, 7) is 1.89. The largest absolute Gasteiger partial charge is 0.494 e. The number of methoxy groups -OCH3 is 1. The Morgan fingerprint density at radius 2 is 2.24 bits per heavy atom. The van der Waals surface area contributed by atoms with Crippen LogP contribution in [0.4, 0.5) is 4.39 Å². The lowest BCUT2D eigenvalue weighted by Crippen LogP contribution is -2.21. The molecule has 0 aliphatic rings. The van der Waals surface area contributed by atoms with Crippen LogP contribution in [0, 0.1) is 5.82 Å². The lowest BCUT2D eigenvalue weighted by Gasteiger charge is -2.09. The predicted molar refractivity (Wildman–Crippen MR) is 62.6 cm³/mol. The second-order valence-electron chi connectivity index (χ2n) is 3.92. The van der Waals surface area contributed by atoms with Crippen LogP contribution in [0.1, 0.15) is 25.3 Å². The van der Waals surface area contributed by atoms with Crippen molar-refractivity contribution in [3.8, 4) is 5.75 Å². The molecule has 0 spiro atoms. The van der Waals surface area contributed by atoms with Gasteiger partial charge in [-0.2, -0.15) is 0 Å². The fourth-order valence-corrected chi connectivity index (χ4v) is 1.57. The van der Waals surface area contributed by atoms with Crippen molar-refractivity contribution in [2.24, 2.45) is 0 Å². The maximum Gasteiger partial charge on any atom is 0.165 e. The van der Waals surface area contributed by atoms with Gasteiger partial charge in [0.25, 0.3) is 0 Å². The molecule has 1 unspecified atom stereocenters. The number of aliphatic hydroxyl groups excluding tert-OH is 1. The van der Waals surface area contributed by atoms with E-state index < -0.39 is 11.9 Å². The van der Waals surface area contributed by atoms with Crippen LogP contribution in [0.2, 0.25) is 0 Å². The van der Waals surface area contributed by atoms with E-state index in [4.69, 9.17) is 4.74 Å². The van der Waals surface area contributed by atoms with Gasteiger partial charge in [0.1, 0.15) is 6.10 Å². The maximum atomic E-state index is 13.4. The van der Waals surface area contributed by atoms with Gasteiger partial charge in [0.15, 0.2) is 17.3 Å². The number of carbonyl (C=O) groups excluding carboxylic acids is 1. The monoisotopic (exact) mass is 240 g/mol. The highest BCUT2D eigenvalue weighted by Crippen LogP contribution is 2.18. The van der Waals surface area contributed by atoms with E-state index in [2.05, 4.69) is 0 Å². The molecule has 3 nitrogen and oxygen atoms in total. The molecule has 0 amide bonds. The fourth-order valence-electron chi connectivity index (χ4n) is 1.57. The van der Waals surface area contributed by atoms with E-state index in [-0.39, 0.29) is 18.0 Å². The highest BCUT2D eigenvalue weighted by Gasteiger charge is 2.15. The number of benzene rings is 1. The summed E-state index contributed by atoms with van der Waals surface area (Å²) in [6, 6.07) is 4.36. The average Bonchev–Trinajstić information content (AvgIpc) is 2.29. The van der Waals surface area contributed by atoms with Gasteiger partial charge in [-0.1, -0.05) is 19.4 Å². The molecule has 0 saturated carbocycles. The van der Waals surface area contributed by atoms with Crippen LogP contribution in [0.3, 0.4) is 0 Å². The van der Waals surface area contributed by atoms with Gasteiger partial charge < -0.3 is 9.84 Å². The molecular weight excluding hydrogens is 223 g/mol. The number of ether oxygens (including phenoxy) is 1. The minimum absolute atomic E-state index is 0.0437. The Morgan fingerprint density at radius 3 is 2.76 bits per heavy atom. The molecule has 1 aromatic rings. The smallest absolute Gasteiger partial charge is 0.165 e. The number of ketones is 1. The number of Topliss-reactive ketones (excluding diaryl/α,β-unsaturated/α-hetero) is 1. The summed E-state index contributed by atoms with van der Waals surface area (Å²) in [5.74, 6) is -0.630. The average molecular weight is 240 g/mol. The van der Waals surface area contributed by atoms with Crippen LogP contribution in [-0.2, 0) is 11.2 Å². The van der Waals surface area contributed by atoms with E-state index in [0.29, 0.717) is 12.0 Å². The van der Waals surface area contributed by atoms with Gasteiger partial charge in [-0.25, -0.2) is 4.39 Å². The van der Waals surface area contributed by atoms with Crippen LogP contribution in [-0.4, -0.2) is 24.1 Å². The van der Waals surface area contributed by atoms with Crippen molar-refractivity contribution in [1.82, 2.24) is 0 Å². The summed E-state index contributed by atoms with van der Waals surface area (Å²) in [6.07, 6.45) is 0.272. The molecule has 94 valence electrons. The van der Waals surface area contributed by atoms with Crippen LogP contribution in [0.25, 0.3) is 0 Å². The molecule has 0 bridgehead atoms. The first-order valence-corrected chi connectivity index (χ1v) is 5.61. The first-order chi connectivity index (χ1) is 8.08. The molecule has 1 rings (SSSR count). The Bertz CT molecular complexity index is 390. The van der Waals surface area contributed by atoms with Crippen molar-refractivity contribution >= 4 is 5.78 Å². The molecule has 1 aromatic carbocycles. The number of halogens is 1. The molecular formula is C13H17FO3. The molecule has 0 aromatic heterocycles. The highest BCUT2D eigenvalue weighted by molar-refractivity contribution is 5.84. The zero-order valence-electron chi connectivity index (χ0n) is 10.1. The van der Waals surface area contributed by atoms with Crippen LogP contribution in [0.5, 0.6) is 5.75 Å². The molecule has 0 saturated heterocycles. The Hall–Kier alpha value is -1.42. The van der Waals surface area contributed by atoms with Crippen LogP contribution in [0.15, 0.2) is 18.2 Å². The standard InChI is InChI=1S/C13H17FO3/c1-3-4-11(15)12(16)8-9-5-6-13(17-2)10(14)7-9/h5-7,11,15H,3-4,8H2,1-2H3. The number of rotatable bonds is 6. The highest BCUT2D eigenvalue weighted by atomic mass is 19.1. The summed E-state index contributed by atoms with van der Waals surface area (Å²) in [5, 5.41) is 9.48. The second kappa shape index (κ2) is 6.35. The molecule has 0 fully saturated rings. The number of hydrogen-bond donors (Lipinski definition) is 1. The van der Waals surface area contributed by atoms with Crippen LogP contribution >= 0.6 is 0 Å². The maximum absolute atomic E-state index is 13.4. The molecule has 0 aliphatic heterocycles. The second-order valence-corrected chi connectivity index (χ2v) is 3.92. The van der Waals surface area contributed by atoms with Crippen LogP contribution < -0.4 is 4.74 Å². The van der Waals surface area contributed by atoms with Crippen molar-refractivity contribution < 1.29 is 19.0 Å². The van der Waals surface area contributed by atoms with E-state index in [1.165, 1.54) is 19.2 Å². The Balaban J connectivity index is 2.69. The van der Waals surface area contributed by atoms with Crippen molar-refractivity contribution in [2.45, 2.75) is 32.3 Å². The van der Waals surface area contributed by atoms with Gasteiger partial charge in [-0.15, -0.1) is 0 Å². The summed E-state index contributed by atoms with van der Waals surface area (Å²) >= 11 is 0. The number of carbonyl (C=O) groups is 1. The Kier molecular flexibility index (Phi) is 5.10. The van der Waals surface area contributed by atoms with E-state index in [1.807, 2.05) is 6.92 Å². The van der Waals surface area contributed by atoms with Gasteiger partial charge in [-0.3, -0.25) is 4.79 Å². The molecule has 0 aliphatic carbocycles. The quantitative estimate of drug-likeness (QED) is 0.828. The van der Waals surface area contributed by atoms with Gasteiger partial charge in [0.2, 0.25) is 0 Å². The number of aliphatic hydroxyl groups is 1. The molecule has 1 N–H and O–H groups in total. The zero-order valence-corrected chi connectivity index (χ0v) is 10.1. The minimum Gasteiger partial charge on any atom is -0.494 e. The predicted octanol–water partition coefficient (Wildman–Crippen LogP) is 2.11. The summed E-state index contributed by atoms with van der Waals surface area (Å²) in [5.41, 5.74) is 0.545. The molecule has 17 heavy (non-hydrogen) atoms. The summed E-state index contributed by atoms with van der Waals surface area (Å²) < 4.78 is 18.1. The van der Waals surface area contributed by atoms with Gasteiger partial charge in [-0.05, 0) is 24.1 Å². The van der Waals surface area contributed by atoms with Crippen molar-refractivity contribution in [2.75, 3.05) is 7.11 Å². The first-order valence-electron chi connectivity index (χ1n) is 5.61. The number of hydrogen-bond acceptors (Lipinski definition) is 3. The van der Waals surface area contributed by atoms with E-state index in [0.717, 1.165) is 6.42 Å². The lowest BCUT2D eigenvalue weighted by molar-refractivity contribution is -0.126. The third kappa shape index (κ3) is 3.82. The molecule has 1 atom stereocenters. The van der Waals surface area contributed by atoms with E-state index in [9.17, 15) is 14.3 Å². The SMILES string of the molecule is CCCC(O)C(=O)Cc1ccc(OC)c(F)c1. The third-order valence-electron chi connectivity index (χ3n) is 2.53. The fraction of sp³-hybridized carbons (Fsp3) is 0.462. The van der Waals surface area contributed by atoms with Crippen molar-refractivity contribution in [3.63, 3.8) is 0 Å². The summed E-state index contributed by atoms with van der Waals surface area (Å²) in [4.78, 5) is 11.6. The zero-order chi connectivity index (χ0) is 12.8. The molecule has 4 heteroatoms. The van der Waals surface area contributed by atoms with E-state index in [1.54, 1.807) is 6.07 Å². The van der Waals surface area contributed by atoms with Crippen molar-refractivity contribution in [3.05, 3.63) is 29.6 Å². The van der Waals surface area contributed by atoms with Crippen molar-refractivity contribution in [1.29, 1.82) is 0 Å². The van der Waals surface area contributed by atoms with Gasteiger partial charge >= 0.3 is 0 Å². The topological polar surface area (TPSA) is 46.5 Å². The van der Waals surface area contributed by atoms with Gasteiger partial charge in [0.05, 0.1) is 7.11 Å². The summed E-state index contributed by atoms with van der Waals surface area (Å²) in [7, 11) is 1.38. The Morgan fingerprint density at radius 1 is 1.53 bits per heavy atom. The Labute approximate surface area is 100 Å². The van der Waals surface area contributed by atoms with E-state index >= 15 is 0 Å². The third-order valence-corrected chi connectivity index (χ3v) is 2.53. The molecule has 0 heterocycles. The minimum atomic E-state index is -0.954. The lowest BCUT2D eigenvalue weighted by atomic mass is 10.0.